The fourth-order valence-electron chi connectivity index (χ4n) is 5.04. The number of alkyl halides is 2. The Bertz CT molecular complexity index is 1340. The number of benzene rings is 1. The van der Waals surface area contributed by atoms with Crippen LogP contribution in [0.15, 0.2) is 36.7 Å². The molecule has 0 bridgehead atoms. The summed E-state index contributed by atoms with van der Waals surface area (Å²) >= 11 is 0. The molecule has 2 aromatic heterocycles. The van der Waals surface area contributed by atoms with Gasteiger partial charge >= 0.3 is 6.61 Å². The minimum Gasteiger partial charge on any atom is -0.496 e. The molecule has 1 aromatic carbocycles. The molecule has 2 saturated carbocycles. The largest absolute Gasteiger partial charge is 0.496 e. The summed E-state index contributed by atoms with van der Waals surface area (Å²) in [5.41, 5.74) is 1.72. The summed E-state index contributed by atoms with van der Waals surface area (Å²) in [7, 11) is 1.39. The minimum atomic E-state index is -3.10. The van der Waals surface area contributed by atoms with Crippen LogP contribution < -0.4 is 19.5 Å². The highest BCUT2D eigenvalue weighted by molar-refractivity contribution is 6.01. The fraction of sp³-hybridized carbons (Fsp3) is 0.500. The molecular weight excluding hydrogens is 510 g/mol. The van der Waals surface area contributed by atoms with Crippen LogP contribution in [0, 0.1) is 5.92 Å². The van der Waals surface area contributed by atoms with Crippen LogP contribution in [0.3, 0.4) is 0 Å². The maximum atomic E-state index is 13.3. The Kier molecular flexibility index (Phi) is 7.26. The van der Waals surface area contributed by atoms with Crippen molar-refractivity contribution < 1.29 is 32.5 Å². The van der Waals surface area contributed by atoms with E-state index in [1.807, 2.05) is 22.7 Å². The van der Waals surface area contributed by atoms with Gasteiger partial charge in [0.1, 0.15) is 35.1 Å². The monoisotopic (exact) mass is 542 g/mol. The SMILES string of the molecule is COc1cc(-c2cnc3cc(OCCN4CCOC(C5CC5)C4)ccn23)cc(OC(F)F)c1C(=O)NC1CC1. The zero-order chi connectivity index (χ0) is 26.9. The second-order valence-electron chi connectivity index (χ2n) is 10.3. The lowest BCUT2D eigenvalue weighted by Gasteiger charge is -2.32. The van der Waals surface area contributed by atoms with Crippen LogP contribution in [-0.4, -0.2) is 78.9 Å². The molecule has 6 rings (SSSR count). The number of imidazole rings is 1. The first-order chi connectivity index (χ1) is 19.0. The zero-order valence-electron chi connectivity index (χ0n) is 21.8. The van der Waals surface area contributed by atoms with Gasteiger partial charge in [0.05, 0.1) is 31.7 Å². The number of carbonyl (C=O) groups excluding carboxylic acids is 1. The number of nitrogens with one attached hydrogen (secondary N) is 1. The number of halogens is 2. The average molecular weight is 543 g/mol. The summed E-state index contributed by atoms with van der Waals surface area (Å²) in [6, 6.07) is 6.77. The van der Waals surface area contributed by atoms with Crippen LogP contribution in [0.1, 0.15) is 36.0 Å². The Morgan fingerprint density at radius 3 is 2.77 bits per heavy atom. The van der Waals surface area contributed by atoms with Crippen molar-refractivity contribution >= 4 is 11.6 Å². The lowest BCUT2D eigenvalue weighted by Crippen LogP contribution is -2.44. The van der Waals surface area contributed by atoms with E-state index >= 15 is 0 Å². The molecule has 1 amide bonds. The molecule has 1 N–H and O–H groups in total. The smallest absolute Gasteiger partial charge is 0.387 e. The number of nitrogens with zero attached hydrogens (tertiary/aromatic N) is 3. The van der Waals surface area contributed by atoms with Crippen molar-refractivity contribution in [3.05, 3.63) is 42.2 Å². The average Bonchev–Trinajstić information content (AvgIpc) is 3.86. The Morgan fingerprint density at radius 2 is 2.03 bits per heavy atom. The molecule has 3 fully saturated rings. The van der Waals surface area contributed by atoms with Gasteiger partial charge in [0.2, 0.25) is 0 Å². The predicted octanol–water partition coefficient (Wildman–Crippen LogP) is 3.99. The summed E-state index contributed by atoms with van der Waals surface area (Å²) in [5.74, 6) is 0.803. The van der Waals surface area contributed by atoms with Gasteiger partial charge in [0, 0.05) is 43.5 Å². The number of pyridine rings is 1. The Balaban J connectivity index is 1.19. The quantitative estimate of drug-likeness (QED) is 0.392. The minimum absolute atomic E-state index is 0.0463. The molecular formula is C28H32F2N4O5. The van der Waals surface area contributed by atoms with Gasteiger partial charge in [-0.15, -0.1) is 0 Å². The van der Waals surface area contributed by atoms with Crippen molar-refractivity contribution in [2.24, 2.45) is 5.92 Å². The van der Waals surface area contributed by atoms with Gasteiger partial charge in [-0.1, -0.05) is 0 Å². The van der Waals surface area contributed by atoms with Crippen molar-refractivity contribution in [1.29, 1.82) is 0 Å². The lowest BCUT2D eigenvalue weighted by molar-refractivity contribution is -0.0502. The first-order valence-corrected chi connectivity index (χ1v) is 13.4. The van der Waals surface area contributed by atoms with Gasteiger partial charge in [-0.05, 0) is 49.8 Å². The third kappa shape index (κ3) is 5.94. The normalized spacial score (nSPS) is 19.8. The number of morpholine rings is 1. The lowest BCUT2D eigenvalue weighted by atomic mass is 10.1. The van der Waals surface area contributed by atoms with E-state index in [4.69, 9.17) is 18.9 Å². The number of hydrogen-bond donors (Lipinski definition) is 1. The van der Waals surface area contributed by atoms with Crippen LogP contribution in [0.25, 0.3) is 16.9 Å². The molecule has 0 radical (unpaired) electrons. The zero-order valence-corrected chi connectivity index (χ0v) is 21.8. The molecule has 1 unspecified atom stereocenters. The van der Waals surface area contributed by atoms with Gasteiger partial charge in [-0.25, -0.2) is 4.98 Å². The third-order valence-corrected chi connectivity index (χ3v) is 7.42. The molecule has 9 nitrogen and oxygen atoms in total. The molecule has 1 aliphatic heterocycles. The first-order valence-electron chi connectivity index (χ1n) is 13.4. The molecule has 11 heteroatoms. The van der Waals surface area contributed by atoms with Crippen molar-refractivity contribution in [2.75, 3.05) is 40.0 Å². The number of carbonyl (C=O) groups is 1. The highest BCUT2D eigenvalue weighted by Crippen LogP contribution is 2.38. The Labute approximate surface area is 225 Å². The second kappa shape index (κ2) is 11.0. The highest BCUT2D eigenvalue weighted by atomic mass is 19.3. The number of hydrogen-bond acceptors (Lipinski definition) is 7. The summed E-state index contributed by atoms with van der Waals surface area (Å²) in [6.45, 7) is 0.916. The summed E-state index contributed by atoms with van der Waals surface area (Å²) in [5, 5.41) is 2.81. The number of fused-ring (bicyclic) bond motifs is 1. The number of aromatic nitrogens is 2. The fourth-order valence-corrected chi connectivity index (χ4v) is 5.04. The van der Waals surface area contributed by atoms with Crippen LogP contribution in [0.5, 0.6) is 17.2 Å². The van der Waals surface area contributed by atoms with E-state index in [2.05, 4.69) is 15.2 Å². The standard InChI is InChI=1S/C28H32F2N4O5/c1-36-22-12-18(13-23(39-28(29)30)26(22)27(35)32-19-4-5-19)21-15-31-25-14-20(6-7-34(21)25)37-10-8-33-9-11-38-24(16-33)17-2-3-17/h6-7,12-15,17,19,24,28H,2-5,8-11,16H2,1H3,(H,32,35). The molecule has 208 valence electrons. The molecule has 1 saturated heterocycles. The maximum Gasteiger partial charge on any atom is 0.387 e. The van der Waals surface area contributed by atoms with Crippen LogP contribution in [0.4, 0.5) is 8.78 Å². The van der Waals surface area contributed by atoms with E-state index in [1.165, 1.54) is 26.0 Å². The molecule has 0 spiro atoms. The number of ether oxygens (including phenoxy) is 4. The van der Waals surface area contributed by atoms with E-state index < -0.39 is 12.5 Å². The predicted molar refractivity (Wildman–Crippen MR) is 139 cm³/mol. The molecule has 39 heavy (non-hydrogen) atoms. The van der Waals surface area contributed by atoms with E-state index in [1.54, 1.807) is 12.3 Å². The number of methoxy groups -OCH3 is 1. The first kappa shape index (κ1) is 25.8. The van der Waals surface area contributed by atoms with Crippen LogP contribution >= 0.6 is 0 Å². The van der Waals surface area contributed by atoms with Gasteiger partial charge in [-0.2, -0.15) is 8.78 Å². The molecule has 3 aromatic rings. The van der Waals surface area contributed by atoms with Crippen LogP contribution in [-0.2, 0) is 4.74 Å². The van der Waals surface area contributed by atoms with Crippen molar-refractivity contribution in [1.82, 2.24) is 19.6 Å². The Hall–Kier alpha value is -3.44. The van der Waals surface area contributed by atoms with Crippen molar-refractivity contribution in [3.8, 4) is 28.5 Å². The van der Waals surface area contributed by atoms with Gasteiger partial charge in [0.15, 0.2) is 0 Å². The highest BCUT2D eigenvalue weighted by Gasteiger charge is 2.35. The van der Waals surface area contributed by atoms with Crippen LogP contribution in [0.2, 0.25) is 0 Å². The molecule has 3 aliphatic rings. The number of amides is 1. The number of rotatable bonds is 11. The van der Waals surface area contributed by atoms with E-state index in [9.17, 15) is 13.6 Å². The maximum absolute atomic E-state index is 13.3. The van der Waals surface area contributed by atoms with E-state index in [0.717, 1.165) is 45.0 Å². The molecule has 2 aliphatic carbocycles. The van der Waals surface area contributed by atoms with Gasteiger partial charge < -0.3 is 24.3 Å². The second-order valence-corrected chi connectivity index (χ2v) is 10.3. The van der Waals surface area contributed by atoms with E-state index in [0.29, 0.717) is 35.4 Å². The summed E-state index contributed by atoms with van der Waals surface area (Å²) in [6.07, 6.45) is 8.07. The topological polar surface area (TPSA) is 86.6 Å². The van der Waals surface area contributed by atoms with E-state index in [-0.39, 0.29) is 23.1 Å². The molecule has 3 heterocycles. The van der Waals surface area contributed by atoms with Crippen molar-refractivity contribution in [3.63, 3.8) is 0 Å². The molecule has 1 atom stereocenters. The Morgan fingerprint density at radius 1 is 1.21 bits per heavy atom. The third-order valence-electron chi connectivity index (χ3n) is 7.42. The van der Waals surface area contributed by atoms with Crippen molar-refractivity contribution in [2.45, 2.75) is 44.4 Å². The van der Waals surface area contributed by atoms with Gasteiger partial charge in [-0.3, -0.25) is 14.1 Å². The summed E-state index contributed by atoms with van der Waals surface area (Å²) < 4.78 is 50.5. The summed E-state index contributed by atoms with van der Waals surface area (Å²) in [4.78, 5) is 19.7. The van der Waals surface area contributed by atoms with Gasteiger partial charge in [0.25, 0.3) is 5.91 Å².